The number of nitrogens with one attached hydrogen (secondary N) is 1. The predicted octanol–water partition coefficient (Wildman–Crippen LogP) is 3.27. The minimum absolute atomic E-state index is 0.177. The van der Waals surface area contributed by atoms with Crippen molar-refractivity contribution in [1.29, 1.82) is 0 Å². The molecule has 0 aliphatic rings. The van der Waals surface area contributed by atoms with Crippen LogP contribution in [0.2, 0.25) is 0 Å². The number of anilines is 1. The van der Waals surface area contributed by atoms with Crippen molar-refractivity contribution in [3.63, 3.8) is 0 Å². The molecule has 0 atom stereocenters. The summed E-state index contributed by atoms with van der Waals surface area (Å²) in [5.41, 5.74) is 4.48. The minimum atomic E-state index is -3.59. The Balaban J connectivity index is 1.84. The number of carbonyl (C=O) groups is 2. The lowest BCUT2D eigenvalue weighted by molar-refractivity contribution is -0.146. The fraction of sp³-hybridized carbons (Fsp3) is 0.333. The van der Waals surface area contributed by atoms with Gasteiger partial charge in [0.1, 0.15) is 0 Å². The first-order valence-electron chi connectivity index (χ1n) is 8.91. The van der Waals surface area contributed by atoms with Crippen molar-refractivity contribution in [2.45, 2.75) is 39.0 Å². The van der Waals surface area contributed by atoms with Crippen molar-refractivity contribution < 1.29 is 22.7 Å². The van der Waals surface area contributed by atoms with Gasteiger partial charge in [0.15, 0.2) is 16.4 Å². The Bertz CT molecular complexity index is 996. The van der Waals surface area contributed by atoms with Gasteiger partial charge in [-0.3, -0.25) is 9.59 Å². The van der Waals surface area contributed by atoms with E-state index in [1.165, 1.54) is 6.07 Å². The molecule has 0 saturated heterocycles. The highest BCUT2D eigenvalue weighted by Crippen LogP contribution is 2.17. The van der Waals surface area contributed by atoms with E-state index >= 15 is 0 Å². The van der Waals surface area contributed by atoms with Crippen molar-refractivity contribution in [1.82, 2.24) is 0 Å². The largest absolute Gasteiger partial charge is 0.456 e. The van der Waals surface area contributed by atoms with Gasteiger partial charge in [0.05, 0.1) is 17.1 Å². The quantitative estimate of drug-likeness (QED) is 0.717. The summed E-state index contributed by atoms with van der Waals surface area (Å²) >= 11 is 0. The number of rotatable bonds is 7. The maximum Gasteiger partial charge on any atom is 0.307 e. The molecule has 6 nitrogen and oxygen atoms in total. The molecule has 0 fully saturated rings. The molecular formula is C21H25NO5S. The highest BCUT2D eigenvalue weighted by molar-refractivity contribution is 7.91. The van der Waals surface area contributed by atoms with Gasteiger partial charge in [0.25, 0.3) is 5.91 Å². The molecule has 150 valence electrons. The molecule has 0 spiro atoms. The van der Waals surface area contributed by atoms with E-state index < -0.39 is 28.3 Å². The molecular weight excluding hydrogens is 378 g/mol. The van der Waals surface area contributed by atoms with Gasteiger partial charge in [-0.15, -0.1) is 0 Å². The minimum Gasteiger partial charge on any atom is -0.456 e. The first-order chi connectivity index (χ1) is 13.1. The Morgan fingerprint density at radius 2 is 1.64 bits per heavy atom. The molecule has 1 amide bonds. The Hall–Kier alpha value is -2.67. The summed E-state index contributed by atoms with van der Waals surface area (Å²) in [6, 6.07) is 10.4. The maximum absolute atomic E-state index is 12.4. The van der Waals surface area contributed by atoms with Crippen LogP contribution in [0.5, 0.6) is 0 Å². The third-order valence-corrected chi connectivity index (χ3v) is 6.15. The molecule has 2 rings (SSSR count). The SMILES string of the molecule is Cc1ccc(NC(=O)COC(=O)CCS(=O)(=O)c2ccc(C)c(C)c2)c(C)c1. The summed E-state index contributed by atoms with van der Waals surface area (Å²) in [4.78, 5) is 24.0. The van der Waals surface area contributed by atoms with Crippen LogP contribution in [0.1, 0.15) is 28.7 Å². The van der Waals surface area contributed by atoms with E-state index in [1.807, 2.05) is 39.8 Å². The van der Waals surface area contributed by atoms with E-state index in [2.05, 4.69) is 5.32 Å². The fourth-order valence-electron chi connectivity index (χ4n) is 2.60. The number of ether oxygens (including phenoxy) is 1. The number of hydrogen-bond acceptors (Lipinski definition) is 5. The van der Waals surface area contributed by atoms with Gasteiger partial charge in [-0.05, 0) is 62.6 Å². The molecule has 0 unspecified atom stereocenters. The van der Waals surface area contributed by atoms with Crippen LogP contribution < -0.4 is 5.32 Å². The summed E-state index contributed by atoms with van der Waals surface area (Å²) in [6.45, 7) is 7.08. The van der Waals surface area contributed by atoms with Crippen LogP contribution in [0.3, 0.4) is 0 Å². The highest BCUT2D eigenvalue weighted by Gasteiger charge is 2.18. The van der Waals surface area contributed by atoms with Crippen molar-refractivity contribution >= 4 is 27.4 Å². The molecule has 0 saturated carbocycles. The maximum atomic E-state index is 12.4. The summed E-state index contributed by atoms with van der Waals surface area (Å²) in [6.07, 6.45) is -0.313. The Morgan fingerprint density at radius 3 is 2.29 bits per heavy atom. The van der Waals surface area contributed by atoms with E-state index in [9.17, 15) is 18.0 Å². The van der Waals surface area contributed by atoms with E-state index in [0.29, 0.717) is 5.69 Å². The number of aryl methyl sites for hydroxylation is 4. The number of benzene rings is 2. The third kappa shape index (κ3) is 5.92. The van der Waals surface area contributed by atoms with Gasteiger partial charge in [0, 0.05) is 5.69 Å². The molecule has 0 aliphatic carbocycles. The van der Waals surface area contributed by atoms with Crippen molar-refractivity contribution in [2.75, 3.05) is 17.7 Å². The molecule has 1 N–H and O–H groups in total. The number of amides is 1. The lowest BCUT2D eigenvalue weighted by atomic mass is 10.1. The second kappa shape index (κ2) is 9.01. The van der Waals surface area contributed by atoms with Gasteiger partial charge in [-0.25, -0.2) is 8.42 Å². The Morgan fingerprint density at radius 1 is 0.929 bits per heavy atom. The van der Waals surface area contributed by atoms with Crippen LogP contribution in [0, 0.1) is 27.7 Å². The average molecular weight is 404 g/mol. The number of sulfone groups is 1. The number of carbonyl (C=O) groups excluding carboxylic acids is 2. The average Bonchev–Trinajstić information content (AvgIpc) is 2.63. The Kier molecular flexibility index (Phi) is 6.96. The second-order valence-corrected chi connectivity index (χ2v) is 8.95. The standard InChI is InChI=1S/C21H25NO5S/c1-14-5-8-19(17(4)11-14)22-20(23)13-27-21(24)9-10-28(25,26)18-7-6-15(2)16(3)12-18/h5-8,11-12H,9-10,13H2,1-4H3,(H,22,23). The van der Waals surface area contributed by atoms with Crippen LogP contribution in [0.4, 0.5) is 5.69 Å². The van der Waals surface area contributed by atoms with Crippen LogP contribution in [0.15, 0.2) is 41.3 Å². The molecule has 28 heavy (non-hydrogen) atoms. The van der Waals surface area contributed by atoms with Gasteiger partial charge in [-0.2, -0.15) is 0 Å². The monoisotopic (exact) mass is 403 g/mol. The third-order valence-electron chi connectivity index (χ3n) is 4.43. The first-order valence-corrected chi connectivity index (χ1v) is 10.6. The number of esters is 1. The van der Waals surface area contributed by atoms with Gasteiger partial charge < -0.3 is 10.1 Å². The Labute approximate surface area is 165 Å². The molecule has 0 radical (unpaired) electrons. The molecule has 0 aromatic heterocycles. The smallest absolute Gasteiger partial charge is 0.307 e. The van der Waals surface area contributed by atoms with Gasteiger partial charge in [-0.1, -0.05) is 23.8 Å². The normalized spacial score (nSPS) is 11.1. The molecule has 0 bridgehead atoms. The second-order valence-electron chi connectivity index (χ2n) is 6.84. The molecule has 2 aromatic rings. The number of hydrogen-bond donors (Lipinski definition) is 1. The van der Waals surface area contributed by atoms with Crippen molar-refractivity contribution in [3.05, 3.63) is 58.7 Å². The topological polar surface area (TPSA) is 89.5 Å². The van der Waals surface area contributed by atoms with Crippen LogP contribution in [-0.4, -0.2) is 32.7 Å². The summed E-state index contributed by atoms with van der Waals surface area (Å²) < 4.78 is 29.6. The van der Waals surface area contributed by atoms with E-state index in [4.69, 9.17) is 4.74 Å². The highest BCUT2D eigenvalue weighted by atomic mass is 32.2. The van der Waals surface area contributed by atoms with Crippen molar-refractivity contribution in [3.8, 4) is 0 Å². The van der Waals surface area contributed by atoms with E-state index in [0.717, 1.165) is 22.3 Å². The molecule has 0 aliphatic heterocycles. The first kappa shape index (κ1) is 21.6. The predicted molar refractivity (Wildman–Crippen MR) is 108 cm³/mol. The van der Waals surface area contributed by atoms with Gasteiger partial charge >= 0.3 is 5.97 Å². The zero-order chi connectivity index (χ0) is 20.9. The lowest BCUT2D eigenvalue weighted by Gasteiger charge is -2.10. The van der Waals surface area contributed by atoms with Gasteiger partial charge in [0.2, 0.25) is 0 Å². The zero-order valence-electron chi connectivity index (χ0n) is 16.5. The van der Waals surface area contributed by atoms with Crippen LogP contribution in [-0.2, 0) is 24.2 Å². The summed E-state index contributed by atoms with van der Waals surface area (Å²) in [5, 5.41) is 2.67. The fourth-order valence-corrected chi connectivity index (χ4v) is 3.90. The molecule has 7 heteroatoms. The molecule has 0 heterocycles. The van der Waals surface area contributed by atoms with Crippen molar-refractivity contribution in [2.24, 2.45) is 0 Å². The summed E-state index contributed by atoms with van der Waals surface area (Å²) in [7, 11) is -3.59. The van der Waals surface area contributed by atoms with E-state index in [-0.39, 0.29) is 17.1 Å². The zero-order valence-corrected chi connectivity index (χ0v) is 17.4. The van der Waals surface area contributed by atoms with Crippen LogP contribution in [0.25, 0.3) is 0 Å². The molecule has 2 aromatic carbocycles. The van der Waals surface area contributed by atoms with E-state index in [1.54, 1.807) is 18.2 Å². The van der Waals surface area contributed by atoms with Crippen LogP contribution >= 0.6 is 0 Å². The summed E-state index contributed by atoms with van der Waals surface area (Å²) in [5.74, 6) is -1.58. The lowest BCUT2D eigenvalue weighted by Crippen LogP contribution is -2.22.